The first-order valence-corrected chi connectivity index (χ1v) is 11.5. The Hall–Kier alpha value is -3.82. The van der Waals surface area contributed by atoms with E-state index in [1.165, 1.54) is 53.6 Å². The SMILES string of the molecule is [2H]C([2H])(Oc1cc(C)n(-c2cc(-n3ccc(Cl)c(C(C)(C)O)c3=O)ncc2C)c(=O)c1)c1ccc(F)cc1F. The van der Waals surface area contributed by atoms with E-state index in [9.17, 15) is 23.5 Å². The van der Waals surface area contributed by atoms with Crippen molar-refractivity contribution in [3.05, 3.63) is 115 Å². The van der Waals surface area contributed by atoms with E-state index in [0.29, 0.717) is 23.0 Å². The van der Waals surface area contributed by atoms with Crippen molar-refractivity contribution in [1.82, 2.24) is 14.1 Å². The van der Waals surface area contributed by atoms with Crippen LogP contribution in [0.2, 0.25) is 5.02 Å². The lowest BCUT2D eigenvalue weighted by Crippen LogP contribution is -2.32. The molecule has 3 heterocycles. The van der Waals surface area contributed by atoms with E-state index >= 15 is 0 Å². The summed E-state index contributed by atoms with van der Waals surface area (Å²) >= 11 is 6.17. The summed E-state index contributed by atoms with van der Waals surface area (Å²) in [5.74, 6) is -2.00. The molecule has 0 bridgehead atoms. The van der Waals surface area contributed by atoms with E-state index in [4.69, 9.17) is 19.1 Å². The smallest absolute Gasteiger partial charge is 0.263 e. The minimum Gasteiger partial charge on any atom is -0.489 e. The first-order chi connectivity index (χ1) is 18.1. The van der Waals surface area contributed by atoms with Crippen LogP contribution < -0.4 is 15.9 Å². The van der Waals surface area contributed by atoms with Gasteiger partial charge in [0.05, 0.1) is 24.6 Å². The second-order valence-electron chi connectivity index (χ2n) is 8.94. The monoisotopic (exact) mass is 529 g/mol. The van der Waals surface area contributed by atoms with Gasteiger partial charge in [0, 0.05) is 47.9 Å². The molecule has 0 atom stereocenters. The Morgan fingerprint density at radius 1 is 1.14 bits per heavy atom. The molecular formula is C27H24ClF2N3O4. The minimum absolute atomic E-state index is 0.0164. The second kappa shape index (κ2) is 9.91. The fraction of sp³-hybridized carbons (Fsp3) is 0.222. The molecule has 4 aromatic rings. The Bertz CT molecular complexity index is 1720. The number of nitrogens with zero attached hydrogens (tertiary/aromatic N) is 3. The molecule has 3 aromatic heterocycles. The van der Waals surface area contributed by atoms with E-state index < -0.39 is 40.5 Å². The van der Waals surface area contributed by atoms with E-state index in [0.717, 1.165) is 18.2 Å². The molecule has 1 aromatic carbocycles. The lowest BCUT2D eigenvalue weighted by Gasteiger charge is -2.20. The molecule has 192 valence electrons. The Kier molecular flexibility index (Phi) is 6.31. The van der Waals surface area contributed by atoms with Gasteiger partial charge in [0.1, 0.15) is 29.8 Å². The average Bonchev–Trinajstić information content (AvgIpc) is 2.78. The molecular weight excluding hydrogens is 504 g/mol. The number of aliphatic hydroxyl groups is 1. The molecule has 10 heteroatoms. The maximum atomic E-state index is 14.2. The van der Waals surface area contributed by atoms with Crippen LogP contribution in [0.25, 0.3) is 11.5 Å². The van der Waals surface area contributed by atoms with Crippen LogP contribution in [0.15, 0.2) is 64.4 Å². The summed E-state index contributed by atoms with van der Waals surface area (Å²) in [6.45, 7) is 3.48. The quantitative estimate of drug-likeness (QED) is 0.390. The van der Waals surface area contributed by atoms with Crippen molar-refractivity contribution in [2.75, 3.05) is 0 Å². The van der Waals surface area contributed by atoms with Crippen LogP contribution >= 0.6 is 11.6 Å². The van der Waals surface area contributed by atoms with Crippen molar-refractivity contribution in [1.29, 1.82) is 0 Å². The molecule has 0 unspecified atom stereocenters. The van der Waals surface area contributed by atoms with Crippen molar-refractivity contribution in [2.45, 2.75) is 39.9 Å². The number of hydrogen-bond donors (Lipinski definition) is 1. The summed E-state index contributed by atoms with van der Waals surface area (Å²) in [5.41, 5.74) is -1.93. The summed E-state index contributed by atoms with van der Waals surface area (Å²) in [6, 6.07) is 7.78. The zero-order valence-corrected chi connectivity index (χ0v) is 21.1. The van der Waals surface area contributed by atoms with Crippen molar-refractivity contribution in [3.8, 4) is 17.3 Å². The summed E-state index contributed by atoms with van der Waals surface area (Å²) in [6.07, 6.45) is 2.88. The number of benzene rings is 1. The Morgan fingerprint density at radius 2 is 1.86 bits per heavy atom. The number of ether oxygens (including phenoxy) is 1. The highest BCUT2D eigenvalue weighted by Gasteiger charge is 2.25. The number of pyridine rings is 3. The molecule has 0 amide bonds. The van der Waals surface area contributed by atoms with Gasteiger partial charge in [0.15, 0.2) is 0 Å². The van der Waals surface area contributed by atoms with Gasteiger partial charge in [0.2, 0.25) is 0 Å². The first-order valence-electron chi connectivity index (χ1n) is 12.1. The van der Waals surface area contributed by atoms with Gasteiger partial charge in [-0.15, -0.1) is 0 Å². The predicted molar refractivity (Wildman–Crippen MR) is 136 cm³/mol. The highest BCUT2D eigenvalue weighted by molar-refractivity contribution is 6.31. The van der Waals surface area contributed by atoms with Crippen LogP contribution in [0, 0.1) is 25.5 Å². The molecule has 0 aliphatic heterocycles. The molecule has 0 spiro atoms. The highest BCUT2D eigenvalue weighted by atomic mass is 35.5. The summed E-state index contributed by atoms with van der Waals surface area (Å²) in [7, 11) is 0. The Labute approximate surface area is 219 Å². The lowest BCUT2D eigenvalue weighted by atomic mass is 10.00. The molecule has 0 radical (unpaired) electrons. The molecule has 4 rings (SSSR count). The maximum Gasteiger partial charge on any atom is 0.263 e. The number of hydrogen-bond acceptors (Lipinski definition) is 5. The molecule has 0 aliphatic rings. The number of rotatable bonds is 6. The Morgan fingerprint density at radius 3 is 2.51 bits per heavy atom. The van der Waals surface area contributed by atoms with Crippen LogP contribution in [0.1, 0.15) is 39.0 Å². The molecule has 1 N–H and O–H groups in total. The van der Waals surface area contributed by atoms with Gasteiger partial charge in [-0.25, -0.2) is 13.8 Å². The van der Waals surface area contributed by atoms with Crippen molar-refractivity contribution in [3.63, 3.8) is 0 Å². The summed E-state index contributed by atoms with van der Waals surface area (Å²) < 4.78 is 51.6. The average molecular weight is 530 g/mol. The van der Waals surface area contributed by atoms with E-state index in [1.807, 2.05) is 0 Å². The molecule has 0 saturated heterocycles. The standard InChI is InChI=1S/C27H24ClF2N3O4/c1-15-13-31-23(32-8-7-20(28)25(26(32)35)27(3,4)36)12-22(15)33-16(2)9-19(11-24(33)34)37-14-17-5-6-18(29)10-21(17)30/h5-13,36H,14H2,1-4H3/i14D2. The third kappa shape index (κ3) is 5.33. The Balaban J connectivity index is 1.77. The molecule has 0 aliphatic carbocycles. The largest absolute Gasteiger partial charge is 0.489 e. The van der Waals surface area contributed by atoms with Crippen LogP contribution in [-0.4, -0.2) is 19.2 Å². The van der Waals surface area contributed by atoms with E-state index in [2.05, 4.69) is 4.98 Å². The number of aromatic nitrogens is 3. The van der Waals surface area contributed by atoms with E-state index in [1.54, 1.807) is 13.8 Å². The predicted octanol–water partition coefficient (Wildman–Crippen LogP) is 4.74. The molecule has 0 fully saturated rings. The first kappa shape index (κ1) is 23.6. The van der Waals surface area contributed by atoms with Gasteiger partial charge in [0.25, 0.3) is 11.1 Å². The van der Waals surface area contributed by atoms with Crippen LogP contribution in [0.4, 0.5) is 8.78 Å². The third-order valence-corrected chi connectivity index (χ3v) is 5.92. The summed E-state index contributed by atoms with van der Waals surface area (Å²) in [4.78, 5) is 30.6. The number of aryl methyl sites for hydroxylation is 2. The maximum absolute atomic E-state index is 14.2. The fourth-order valence-electron chi connectivity index (χ4n) is 3.85. The zero-order valence-electron chi connectivity index (χ0n) is 22.3. The topological polar surface area (TPSA) is 86.3 Å². The van der Waals surface area contributed by atoms with Crippen LogP contribution in [0.5, 0.6) is 5.75 Å². The number of halogens is 3. The second-order valence-corrected chi connectivity index (χ2v) is 9.34. The van der Waals surface area contributed by atoms with Crippen molar-refractivity contribution < 1.29 is 21.4 Å². The van der Waals surface area contributed by atoms with E-state index in [-0.39, 0.29) is 22.2 Å². The molecule has 37 heavy (non-hydrogen) atoms. The molecule has 0 saturated carbocycles. The van der Waals surface area contributed by atoms with Gasteiger partial charge in [-0.1, -0.05) is 11.6 Å². The lowest BCUT2D eigenvalue weighted by molar-refractivity contribution is 0.0769. The van der Waals surface area contributed by atoms with Gasteiger partial charge >= 0.3 is 0 Å². The van der Waals surface area contributed by atoms with Crippen molar-refractivity contribution >= 4 is 11.6 Å². The highest BCUT2D eigenvalue weighted by Crippen LogP contribution is 2.25. The third-order valence-electron chi connectivity index (χ3n) is 5.60. The fourth-order valence-corrected chi connectivity index (χ4v) is 4.22. The van der Waals surface area contributed by atoms with Gasteiger partial charge in [-0.2, -0.15) is 0 Å². The van der Waals surface area contributed by atoms with Gasteiger partial charge < -0.3 is 9.84 Å². The minimum atomic E-state index is -2.70. The zero-order chi connectivity index (χ0) is 28.9. The van der Waals surface area contributed by atoms with Crippen LogP contribution in [0.3, 0.4) is 0 Å². The van der Waals surface area contributed by atoms with Crippen LogP contribution in [-0.2, 0) is 12.2 Å². The normalized spacial score (nSPS) is 12.8. The van der Waals surface area contributed by atoms with Crippen molar-refractivity contribution in [2.24, 2.45) is 0 Å². The summed E-state index contributed by atoms with van der Waals surface area (Å²) in [5, 5.41) is 10.5. The van der Waals surface area contributed by atoms with Gasteiger partial charge in [-0.05, 0) is 51.5 Å². The van der Waals surface area contributed by atoms with Gasteiger partial charge in [-0.3, -0.25) is 18.7 Å². The molecule has 7 nitrogen and oxygen atoms in total.